The maximum Gasteiger partial charge on any atom is 0.339 e. The third-order valence-corrected chi connectivity index (χ3v) is 6.77. The number of methoxy groups -OCH3 is 1. The molecule has 7 nitrogen and oxygen atoms in total. The van der Waals surface area contributed by atoms with Gasteiger partial charge in [0.2, 0.25) is 0 Å². The first-order chi connectivity index (χ1) is 14.5. The van der Waals surface area contributed by atoms with Gasteiger partial charge in [0, 0.05) is 12.6 Å². The first-order valence-electron chi connectivity index (χ1n) is 10.0. The molecule has 3 heterocycles. The number of hydrogen-bond acceptors (Lipinski definition) is 7. The van der Waals surface area contributed by atoms with E-state index in [-0.39, 0.29) is 5.91 Å². The van der Waals surface area contributed by atoms with Crippen molar-refractivity contribution in [2.45, 2.75) is 39.2 Å². The van der Waals surface area contributed by atoms with Crippen molar-refractivity contribution in [2.75, 3.05) is 23.9 Å². The summed E-state index contributed by atoms with van der Waals surface area (Å²) in [5.74, 6) is 0.130. The average molecular weight is 425 g/mol. The van der Waals surface area contributed by atoms with E-state index >= 15 is 0 Å². The summed E-state index contributed by atoms with van der Waals surface area (Å²) < 4.78 is 4.82. The molecule has 0 saturated carbocycles. The Balaban J connectivity index is 1.71. The van der Waals surface area contributed by atoms with Gasteiger partial charge in [-0.05, 0) is 50.8 Å². The number of aryl methyl sites for hydroxylation is 1. The van der Waals surface area contributed by atoms with Crippen LogP contribution in [0.2, 0.25) is 0 Å². The summed E-state index contributed by atoms with van der Waals surface area (Å²) in [6.07, 6.45) is 5.06. The minimum Gasteiger partial charge on any atom is -0.465 e. The molecule has 1 N–H and O–H groups in total. The zero-order valence-electron chi connectivity index (χ0n) is 17.3. The van der Waals surface area contributed by atoms with Crippen LogP contribution in [0, 0.1) is 6.92 Å². The van der Waals surface area contributed by atoms with E-state index in [0.29, 0.717) is 22.2 Å². The molecule has 0 bridgehead atoms. The number of nitrogens with zero attached hydrogens (tertiary/aromatic N) is 3. The van der Waals surface area contributed by atoms with Crippen LogP contribution in [-0.2, 0) is 4.74 Å². The molecule has 30 heavy (non-hydrogen) atoms. The van der Waals surface area contributed by atoms with Crippen LogP contribution >= 0.6 is 11.3 Å². The first kappa shape index (κ1) is 20.3. The smallest absolute Gasteiger partial charge is 0.339 e. The second kappa shape index (κ2) is 8.39. The van der Waals surface area contributed by atoms with Gasteiger partial charge in [-0.2, -0.15) is 0 Å². The van der Waals surface area contributed by atoms with E-state index in [1.807, 2.05) is 6.92 Å². The Morgan fingerprint density at radius 1 is 1.23 bits per heavy atom. The number of esters is 1. The maximum absolute atomic E-state index is 13.1. The van der Waals surface area contributed by atoms with Gasteiger partial charge in [0.1, 0.15) is 17.0 Å². The highest BCUT2D eigenvalue weighted by atomic mass is 32.1. The van der Waals surface area contributed by atoms with Gasteiger partial charge in [0.15, 0.2) is 0 Å². The van der Waals surface area contributed by atoms with Crippen molar-refractivity contribution in [1.29, 1.82) is 0 Å². The quantitative estimate of drug-likeness (QED) is 0.624. The summed E-state index contributed by atoms with van der Waals surface area (Å²) in [7, 11) is 1.32. The molecule has 0 aliphatic carbocycles. The van der Waals surface area contributed by atoms with Gasteiger partial charge < -0.3 is 15.0 Å². The number of anilines is 2. The third kappa shape index (κ3) is 3.63. The number of fused-ring (bicyclic) bond motifs is 1. The zero-order chi connectivity index (χ0) is 21.3. The van der Waals surface area contributed by atoms with Gasteiger partial charge in [0.05, 0.1) is 28.6 Å². The SMILES string of the molecule is COC(=O)c1ccccc1NC(=O)c1sc2ncnc(N3CCCC[C@H]3C)c2c1C. The monoisotopic (exact) mass is 424 g/mol. The molecule has 3 aromatic rings. The van der Waals surface area contributed by atoms with E-state index in [9.17, 15) is 9.59 Å². The summed E-state index contributed by atoms with van der Waals surface area (Å²) in [5, 5.41) is 3.79. The fraction of sp³-hybridized carbons (Fsp3) is 0.364. The van der Waals surface area contributed by atoms with Crippen LogP contribution in [0.3, 0.4) is 0 Å². The molecule has 156 valence electrons. The Morgan fingerprint density at radius 3 is 2.80 bits per heavy atom. The number of carbonyl (C=O) groups is 2. The lowest BCUT2D eigenvalue weighted by molar-refractivity contribution is 0.0602. The van der Waals surface area contributed by atoms with Gasteiger partial charge in [0.25, 0.3) is 5.91 Å². The highest BCUT2D eigenvalue weighted by Gasteiger charge is 2.26. The van der Waals surface area contributed by atoms with Crippen LogP contribution in [0.5, 0.6) is 0 Å². The standard InChI is InChI=1S/C22H24N4O3S/c1-13-8-6-7-11-26(13)19-17-14(2)18(30-21(17)24-12-23-19)20(27)25-16-10-5-4-9-15(16)22(28)29-3/h4-5,9-10,12-13H,6-8,11H2,1-3H3,(H,25,27)/t13-/m1/s1. The third-order valence-electron chi connectivity index (χ3n) is 5.57. The summed E-state index contributed by atoms with van der Waals surface area (Å²) in [5.41, 5.74) is 1.59. The number of piperidine rings is 1. The molecule has 1 amide bonds. The lowest BCUT2D eigenvalue weighted by Gasteiger charge is -2.34. The molecular formula is C22H24N4O3S. The molecule has 1 aliphatic rings. The van der Waals surface area contributed by atoms with Crippen LogP contribution < -0.4 is 10.2 Å². The zero-order valence-corrected chi connectivity index (χ0v) is 18.1. The average Bonchev–Trinajstić information content (AvgIpc) is 3.11. The van der Waals surface area contributed by atoms with Crippen molar-refractivity contribution in [3.05, 3.63) is 46.6 Å². The molecule has 1 aromatic carbocycles. The van der Waals surface area contributed by atoms with Crippen LogP contribution in [0.25, 0.3) is 10.2 Å². The van der Waals surface area contributed by atoms with Gasteiger partial charge >= 0.3 is 5.97 Å². The maximum atomic E-state index is 13.1. The molecule has 1 aliphatic heterocycles. The van der Waals surface area contributed by atoms with E-state index in [4.69, 9.17) is 4.74 Å². The van der Waals surface area contributed by atoms with Crippen LogP contribution in [0.1, 0.15) is 51.8 Å². The molecule has 1 saturated heterocycles. The van der Waals surface area contributed by atoms with Gasteiger partial charge in [-0.15, -0.1) is 11.3 Å². The Hall–Kier alpha value is -3.00. The summed E-state index contributed by atoms with van der Waals surface area (Å²) in [6, 6.07) is 7.21. The number of aromatic nitrogens is 2. The van der Waals surface area contributed by atoms with E-state index in [0.717, 1.165) is 41.0 Å². The Bertz CT molecular complexity index is 1110. The number of amides is 1. The van der Waals surface area contributed by atoms with Crippen LogP contribution in [-0.4, -0.2) is 41.5 Å². The van der Waals surface area contributed by atoms with Crippen molar-refractivity contribution in [3.63, 3.8) is 0 Å². The number of carbonyl (C=O) groups excluding carboxylic acids is 2. The first-order valence-corrected chi connectivity index (χ1v) is 10.8. The van der Waals surface area contributed by atoms with Crippen LogP contribution in [0.4, 0.5) is 11.5 Å². The van der Waals surface area contributed by atoms with Crippen LogP contribution in [0.15, 0.2) is 30.6 Å². The van der Waals surface area contributed by atoms with E-state index in [1.165, 1.54) is 24.9 Å². The summed E-state index contributed by atoms with van der Waals surface area (Å²) in [4.78, 5) is 37.8. The highest BCUT2D eigenvalue weighted by Crippen LogP contribution is 2.37. The summed E-state index contributed by atoms with van der Waals surface area (Å²) >= 11 is 1.34. The minimum atomic E-state index is -0.494. The van der Waals surface area contributed by atoms with E-state index < -0.39 is 5.97 Å². The van der Waals surface area contributed by atoms with E-state index in [1.54, 1.807) is 30.6 Å². The molecular weight excluding hydrogens is 400 g/mol. The molecule has 2 aromatic heterocycles. The van der Waals surface area contributed by atoms with Crippen molar-refractivity contribution >= 4 is 44.9 Å². The number of ether oxygens (including phenoxy) is 1. The molecule has 8 heteroatoms. The topological polar surface area (TPSA) is 84.4 Å². The van der Waals surface area contributed by atoms with Crippen molar-refractivity contribution < 1.29 is 14.3 Å². The van der Waals surface area contributed by atoms with Gasteiger partial charge in [-0.1, -0.05) is 12.1 Å². The second-order valence-electron chi connectivity index (χ2n) is 7.46. The predicted molar refractivity (Wildman–Crippen MR) is 119 cm³/mol. The number of thiophene rings is 1. The second-order valence-corrected chi connectivity index (χ2v) is 8.46. The minimum absolute atomic E-state index is 0.274. The fourth-order valence-corrected chi connectivity index (χ4v) is 5.00. The molecule has 1 atom stereocenters. The normalized spacial score (nSPS) is 16.5. The number of benzene rings is 1. The van der Waals surface area contributed by atoms with Gasteiger partial charge in [-0.25, -0.2) is 14.8 Å². The van der Waals surface area contributed by atoms with Gasteiger partial charge in [-0.3, -0.25) is 4.79 Å². The molecule has 0 spiro atoms. The number of rotatable bonds is 4. The van der Waals surface area contributed by atoms with Crippen molar-refractivity contribution in [3.8, 4) is 0 Å². The highest BCUT2D eigenvalue weighted by molar-refractivity contribution is 7.20. The fourth-order valence-electron chi connectivity index (χ4n) is 3.96. The van der Waals surface area contributed by atoms with Crippen molar-refractivity contribution in [1.82, 2.24) is 9.97 Å². The Kier molecular flexibility index (Phi) is 5.67. The largest absolute Gasteiger partial charge is 0.465 e. The lowest BCUT2D eigenvalue weighted by atomic mass is 10.0. The molecule has 0 radical (unpaired) electrons. The number of nitrogens with one attached hydrogen (secondary N) is 1. The number of para-hydroxylation sites is 1. The predicted octanol–water partition coefficient (Wildman–Crippen LogP) is 4.42. The Labute approximate surface area is 179 Å². The lowest BCUT2D eigenvalue weighted by Crippen LogP contribution is -2.38. The van der Waals surface area contributed by atoms with Crippen molar-refractivity contribution in [2.24, 2.45) is 0 Å². The van der Waals surface area contributed by atoms with E-state index in [2.05, 4.69) is 27.1 Å². The molecule has 1 fully saturated rings. The number of hydrogen-bond donors (Lipinski definition) is 1. The molecule has 0 unspecified atom stereocenters. The Morgan fingerprint density at radius 2 is 2.03 bits per heavy atom. The molecule has 4 rings (SSSR count). The summed E-state index contributed by atoms with van der Waals surface area (Å²) in [6.45, 7) is 5.10.